The van der Waals surface area contributed by atoms with Crippen molar-refractivity contribution in [3.05, 3.63) is 15.8 Å². The summed E-state index contributed by atoms with van der Waals surface area (Å²) in [7, 11) is 0.687. The fraction of sp³-hybridized carbons (Fsp3) is 0.714. The molecule has 1 aliphatic rings. The van der Waals surface area contributed by atoms with Crippen LogP contribution in [-0.2, 0) is 10.0 Å². The minimum absolute atomic E-state index is 0.0218. The van der Waals surface area contributed by atoms with Gasteiger partial charge in [0.05, 0.1) is 4.90 Å². The Morgan fingerprint density at radius 3 is 2.35 bits per heavy atom. The Labute approximate surface area is 126 Å². The Morgan fingerprint density at radius 1 is 1.30 bits per heavy atom. The van der Waals surface area contributed by atoms with Crippen LogP contribution in [0.4, 0.5) is 0 Å². The van der Waals surface area contributed by atoms with E-state index in [0.717, 1.165) is 22.6 Å². The van der Waals surface area contributed by atoms with E-state index >= 15 is 0 Å². The van der Waals surface area contributed by atoms with Gasteiger partial charge in [-0.25, -0.2) is 13.1 Å². The molecule has 6 heteroatoms. The summed E-state index contributed by atoms with van der Waals surface area (Å²) in [6, 6.07) is 1.76. The first kappa shape index (κ1) is 15.9. The quantitative estimate of drug-likeness (QED) is 0.908. The molecule has 0 bridgehead atoms. The molecule has 0 saturated heterocycles. The number of aryl methyl sites for hydroxylation is 2. The summed E-state index contributed by atoms with van der Waals surface area (Å²) < 4.78 is 27.8. The van der Waals surface area contributed by atoms with E-state index < -0.39 is 10.0 Å². The number of rotatable bonds is 5. The zero-order valence-corrected chi connectivity index (χ0v) is 14.3. The Bertz CT molecular complexity index is 570. The maximum atomic E-state index is 12.5. The van der Waals surface area contributed by atoms with Gasteiger partial charge in [-0.2, -0.15) is 0 Å². The molecule has 2 rings (SSSR count). The van der Waals surface area contributed by atoms with E-state index in [9.17, 15) is 8.42 Å². The van der Waals surface area contributed by atoms with Crippen LogP contribution in [0.1, 0.15) is 35.4 Å². The average Bonchev–Trinajstić information content (AvgIpc) is 2.94. The van der Waals surface area contributed by atoms with Crippen molar-refractivity contribution in [1.82, 2.24) is 9.62 Å². The molecule has 0 radical (unpaired) electrons. The van der Waals surface area contributed by atoms with E-state index in [4.69, 9.17) is 0 Å². The second-order valence-electron chi connectivity index (χ2n) is 5.93. The molecule has 0 aromatic carbocycles. The zero-order valence-electron chi connectivity index (χ0n) is 12.7. The standard InChI is InChI=1S/C14H24N2O2S2/c1-11-9-13(12(2)19-11)20(17,18)15-10-14(16(3)4)7-5-6-8-14/h9,15H,5-8,10H2,1-4H3. The fourth-order valence-electron chi connectivity index (χ4n) is 3.00. The van der Waals surface area contributed by atoms with Gasteiger partial charge in [-0.3, -0.25) is 0 Å². The van der Waals surface area contributed by atoms with Gasteiger partial charge >= 0.3 is 0 Å². The lowest BCUT2D eigenvalue weighted by atomic mass is 9.97. The molecule has 0 spiro atoms. The van der Waals surface area contributed by atoms with E-state index in [1.54, 1.807) is 6.07 Å². The smallest absolute Gasteiger partial charge is 0.241 e. The highest BCUT2D eigenvalue weighted by molar-refractivity contribution is 7.89. The lowest BCUT2D eigenvalue weighted by Crippen LogP contribution is -2.50. The molecular weight excluding hydrogens is 292 g/mol. The number of sulfonamides is 1. The summed E-state index contributed by atoms with van der Waals surface area (Å²) in [5.41, 5.74) is -0.0218. The van der Waals surface area contributed by atoms with Gasteiger partial charge in [0.25, 0.3) is 0 Å². The molecule has 20 heavy (non-hydrogen) atoms. The number of hydrogen-bond acceptors (Lipinski definition) is 4. The van der Waals surface area contributed by atoms with Crippen molar-refractivity contribution in [2.24, 2.45) is 0 Å². The summed E-state index contributed by atoms with van der Waals surface area (Å²) in [4.78, 5) is 4.51. The van der Waals surface area contributed by atoms with Crippen molar-refractivity contribution in [3.8, 4) is 0 Å². The number of nitrogens with zero attached hydrogens (tertiary/aromatic N) is 1. The Hall–Kier alpha value is -0.430. The van der Waals surface area contributed by atoms with Gasteiger partial charge in [0.2, 0.25) is 10.0 Å². The van der Waals surface area contributed by atoms with Crippen LogP contribution in [0.2, 0.25) is 0 Å². The minimum Gasteiger partial charge on any atom is -0.302 e. The van der Waals surface area contributed by atoms with Gasteiger partial charge in [0.1, 0.15) is 0 Å². The first-order valence-corrected chi connectivity index (χ1v) is 9.31. The van der Waals surface area contributed by atoms with Crippen molar-refractivity contribution in [3.63, 3.8) is 0 Å². The van der Waals surface area contributed by atoms with Crippen LogP contribution in [0.5, 0.6) is 0 Å². The van der Waals surface area contributed by atoms with Crippen LogP contribution in [0.15, 0.2) is 11.0 Å². The molecule has 4 nitrogen and oxygen atoms in total. The molecule has 114 valence electrons. The molecule has 1 aromatic heterocycles. The SMILES string of the molecule is Cc1cc(S(=O)(=O)NCC2(N(C)C)CCCC2)c(C)s1. The first-order valence-electron chi connectivity index (χ1n) is 7.01. The first-order chi connectivity index (χ1) is 9.27. The molecule has 0 unspecified atom stereocenters. The molecule has 1 aromatic rings. The second-order valence-corrected chi connectivity index (χ2v) is 9.12. The average molecular weight is 316 g/mol. The fourth-order valence-corrected chi connectivity index (χ4v) is 5.67. The molecule has 1 saturated carbocycles. The number of hydrogen-bond donors (Lipinski definition) is 1. The Balaban J connectivity index is 2.15. The normalized spacial score (nSPS) is 18.9. The van der Waals surface area contributed by atoms with Crippen LogP contribution in [0.3, 0.4) is 0 Å². The lowest BCUT2D eigenvalue weighted by Gasteiger charge is -2.36. The van der Waals surface area contributed by atoms with Crippen LogP contribution < -0.4 is 4.72 Å². The largest absolute Gasteiger partial charge is 0.302 e. The topological polar surface area (TPSA) is 49.4 Å². The van der Waals surface area contributed by atoms with E-state index in [-0.39, 0.29) is 5.54 Å². The molecule has 0 amide bonds. The van der Waals surface area contributed by atoms with Crippen molar-refractivity contribution in [2.75, 3.05) is 20.6 Å². The highest BCUT2D eigenvalue weighted by Gasteiger charge is 2.37. The van der Waals surface area contributed by atoms with Crippen molar-refractivity contribution in [2.45, 2.75) is 50.0 Å². The summed E-state index contributed by atoms with van der Waals surface area (Å²) >= 11 is 1.53. The van der Waals surface area contributed by atoms with E-state index in [0.29, 0.717) is 11.4 Å². The molecular formula is C14H24N2O2S2. The predicted molar refractivity (Wildman–Crippen MR) is 83.9 cm³/mol. The van der Waals surface area contributed by atoms with Crippen LogP contribution in [-0.4, -0.2) is 39.5 Å². The number of likely N-dealkylation sites (N-methyl/N-ethyl adjacent to an activating group) is 1. The van der Waals surface area contributed by atoms with Gasteiger partial charge in [-0.1, -0.05) is 12.8 Å². The number of nitrogens with one attached hydrogen (secondary N) is 1. The Morgan fingerprint density at radius 2 is 1.90 bits per heavy atom. The number of thiophene rings is 1. The predicted octanol–water partition coefficient (Wildman–Crippen LogP) is 2.52. The molecule has 1 N–H and O–H groups in total. The highest BCUT2D eigenvalue weighted by atomic mass is 32.2. The Kier molecular flexibility index (Phi) is 4.59. The monoisotopic (exact) mass is 316 g/mol. The summed E-state index contributed by atoms with van der Waals surface area (Å²) in [6.45, 7) is 4.30. The highest BCUT2D eigenvalue weighted by Crippen LogP contribution is 2.33. The van der Waals surface area contributed by atoms with Gasteiger partial charge in [0.15, 0.2) is 0 Å². The molecule has 1 heterocycles. The molecule has 1 fully saturated rings. The van der Waals surface area contributed by atoms with Gasteiger partial charge < -0.3 is 4.90 Å². The van der Waals surface area contributed by atoms with Crippen LogP contribution >= 0.6 is 11.3 Å². The van der Waals surface area contributed by atoms with E-state index in [2.05, 4.69) is 9.62 Å². The molecule has 0 atom stereocenters. The van der Waals surface area contributed by atoms with E-state index in [1.807, 2.05) is 27.9 Å². The van der Waals surface area contributed by atoms with E-state index in [1.165, 1.54) is 24.2 Å². The lowest BCUT2D eigenvalue weighted by molar-refractivity contribution is 0.162. The summed E-state index contributed by atoms with van der Waals surface area (Å²) in [6.07, 6.45) is 4.47. The third-order valence-corrected chi connectivity index (χ3v) is 6.98. The molecule has 0 aliphatic heterocycles. The van der Waals surface area contributed by atoms with Crippen molar-refractivity contribution < 1.29 is 8.42 Å². The minimum atomic E-state index is -3.40. The third-order valence-electron chi connectivity index (χ3n) is 4.36. The van der Waals surface area contributed by atoms with Crippen LogP contribution in [0.25, 0.3) is 0 Å². The van der Waals surface area contributed by atoms with Crippen LogP contribution in [0, 0.1) is 13.8 Å². The zero-order chi connectivity index (χ0) is 15.0. The van der Waals surface area contributed by atoms with Crippen molar-refractivity contribution >= 4 is 21.4 Å². The maximum absolute atomic E-state index is 12.5. The summed E-state index contributed by atoms with van der Waals surface area (Å²) in [5.74, 6) is 0. The van der Waals surface area contributed by atoms with Gasteiger partial charge in [0, 0.05) is 21.8 Å². The second kappa shape index (κ2) is 5.75. The third kappa shape index (κ3) is 3.08. The van der Waals surface area contributed by atoms with Gasteiger partial charge in [-0.05, 0) is 46.9 Å². The summed E-state index contributed by atoms with van der Waals surface area (Å²) in [5, 5.41) is 0. The molecule has 1 aliphatic carbocycles. The van der Waals surface area contributed by atoms with Crippen molar-refractivity contribution in [1.29, 1.82) is 0 Å². The maximum Gasteiger partial charge on any atom is 0.241 e. The van der Waals surface area contributed by atoms with Gasteiger partial charge in [-0.15, -0.1) is 11.3 Å².